The minimum Gasteiger partial charge on any atom is -0.373 e. The molecule has 0 aliphatic carbocycles. The van der Waals surface area contributed by atoms with E-state index in [1.54, 1.807) is 12.1 Å². The quantitative estimate of drug-likeness (QED) is 0.599. The SMILES string of the molecule is O=S(=O)(O)c1ccc(CC2CO2)cc1. The van der Waals surface area contributed by atoms with Crippen LogP contribution < -0.4 is 0 Å². The molecule has 0 spiro atoms. The molecular weight excluding hydrogens is 204 g/mol. The van der Waals surface area contributed by atoms with E-state index in [-0.39, 0.29) is 11.0 Å². The van der Waals surface area contributed by atoms with Crippen LogP contribution in [0.3, 0.4) is 0 Å². The predicted octanol–water partition coefficient (Wildman–Crippen LogP) is 0.875. The Kier molecular flexibility index (Phi) is 2.30. The third kappa shape index (κ3) is 2.31. The largest absolute Gasteiger partial charge is 0.373 e. The second kappa shape index (κ2) is 3.34. The molecule has 1 aromatic rings. The van der Waals surface area contributed by atoms with Crippen LogP contribution in [0.5, 0.6) is 0 Å². The topological polar surface area (TPSA) is 66.9 Å². The zero-order chi connectivity index (χ0) is 10.2. The zero-order valence-electron chi connectivity index (χ0n) is 7.38. The van der Waals surface area contributed by atoms with Gasteiger partial charge in [-0.3, -0.25) is 4.55 Å². The molecule has 1 unspecified atom stereocenters. The van der Waals surface area contributed by atoms with E-state index in [4.69, 9.17) is 9.29 Å². The molecule has 1 N–H and O–H groups in total. The van der Waals surface area contributed by atoms with Gasteiger partial charge in [0.1, 0.15) is 0 Å². The van der Waals surface area contributed by atoms with Crippen molar-refractivity contribution in [3.63, 3.8) is 0 Å². The van der Waals surface area contributed by atoms with E-state index < -0.39 is 10.1 Å². The van der Waals surface area contributed by atoms with Crippen LogP contribution in [-0.4, -0.2) is 25.7 Å². The predicted molar refractivity (Wildman–Crippen MR) is 49.7 cm³/mol. The molecule has 1 aliphatic rings. The molecule has 1 aromatic carbocycles. The van der Waals surface area contributed by atoms with Gasteiger partial charge in [-0.25, -0.2) is 0 Å². The molecule has 0 amide bonds. The van der Waals surface area contributed by atoms with Crippen molar-refractivity contribution in [2.45, 2.75) is 17.4 Å². The van der Waals surface area contributed by atoms with Gasteiger partial charge in [0.25, 0.3) is 10.1 Å². The van der Waals surface area contributed by atoms with Crippen LogP contribution >= 0.6 is 0 Å². The van der Waals surface area contributed by atoms with Crippen LogP contribution in [-0.2, 0) is 21.3 Å². The summed E-state index contributed by atoms with van der Waals surface area (Å²) in [5, 5.41) is 0. The van der Waals surface area contributed by atoms with E-state index in [1.165, 1.54) is 12.1 Å². The highest BCUT2D eigenvalue weighted by Gasteiger charge is 2.22. The fourth-order valence-electron chi connectivity index (χ4n) is 1.25. The van der Waals surface area contributed by atoms with Crippen LogP contribution in [0.25, 0.3) is 0 Å². The molecule has 1 saturated heterocycles. The highest BCUT2D eigenvalue weighted by Crippen LogP contribution is 2.17. The highest BCUT2D eigenvalue weighted by molar-refractivity contribution is 7.85. The Bertz CT molecular complexity index is 417. The van der Waals surface area contributed by atoms with E-state index in [2.05, 4.69) is 0 Å². The number of ether oxygens (including phenoxy) is 1. The van der Waals surface area contributed by atoms with Crippen LogP contribution in [0.2, 0.25) is 0 Å². The fourth-order valence-corrected chi connectivity index (χ4v) is 1.73. The third-order valence-electron chi connectivity index (χ3n) is 2.09. The van der Waals surface area contributed by atoms with Gasteiger partial charge in [0, 0.05) is 6.42 Å². The first kappa shape index (κ1) is 9.64. The average molecular weight is 214 g/mol. The summed E-state index contributed by atoms with van der Waals surface area (Å²) in [4.78, 5) is -0.0713. The van der Waals surface area contributed by atoms with Gasteiger partial charge in [-0.05, 0) is 17.7 Å². The van der Waals surface area contributed by atoms with E-state index in [0.717, 1.165) is 18.6 Å². The number of rotatable bonds is 3. The minimum atomic E-state index is -4.06. The lowest BCUT2D eigenvalue weighted by molar-refractivity contribution is 0.407. The molecule has 1 aliphatic heterocycles. The van der Waals surface area contributed by atoms with Gasteiger partial charge in [0.05, 0.1) is 17.6 Å². The second-order valence-electron chi connectivity index (χ2n) is 3.28. The Morgan fingerprint density at radius 1 is 1.36 bits per heavy atom. The molecule has 4 nitrogen and oxygen atoms in total. The number of hydrogen-bond acceptors (Lipinski definition) is 3. The van der Waals surface area contributed by atoms with Gasteiger partial charge in [0.15, 0.2) is 0 Å². The lowest BCUT2D eigenvalue weighted by atomic mass is 10.1. The summed E-state index contributed by atoms with van der Waals surface area (Å²) in [6.07, 6.45) is 1.08. The maximum atomic E-state index is 10.7. The molecular formula is C9H10O4S. The zero-order valence-corrected chi connectivity index (χ0v) is 8.20. The summed E-state index contributed by atoms with van der Waals surface area (Å²) in [6.45, 7) is 0.778. The van der Waals surface area contributed by atoms with Crippen molar-refractivity contribution in [3.05, 3.63) is 29.8 Å². The average Bonchev–Trinajstić information content (AvgIpc) is 2.88. The lowest BCUT2D eigenvalue weighted by Gasteiger charge is -1.99. The Hall–Kier alpha value is -0.910. The van der Waals surface area contributed by atoms with Crippen molar-refractivity contribution in [1.29, 1.82) is 0 Å². The smallest absolute Gasteiger partial charge is 0.294 e. The van der Waals surface area contributed by atoms with Crippen molar-refractivity contribution < 1.29 is 17.7 Å². The standard InChI is InChI=1S/C9H10O4S/c10-14(11,12)9-3-1-7(2-4-9)5-8-6-13-8/h1-4,8H,5-6H2,(H,10,11,12). The molecule has 5 heteroatoms. The molecule has 0 saturated carbocycles. The first-order valence-electron chi connectivity index (χ1n) is 4.24. The van der Waals surface area contributed by atoms with Crippen molar-refractivity contribution in [2.75, 3.05) is 6.61 Å². The van der Waals surface area contributed by atoms with Crippen molar-refractivity contribution in [3.8, 4) is 0 Å². The third-order valence-corrected chi connectivity index (χ3v) is 2.95. The summed E-state index contributed by atoms with van der Waals surface area (Å²) < 4.78 is 35.2. The molecule has 76 valence electrons. The molecule has 1 fully saturated rings. The number of epoxide rings is 1. The van der Waals surface area contributed by atoms with Crippen LogP contribution in [0.1, 0.15) is 5.56 Å². The van der Waals surface area contributed by atoms with Crippen LogP contribution in [0, 0.1) is 0 Å². The number of benzene rings is 1. The van der Waals surface area contributed by atoms with Gasteiger partial charge in [-0.15, -0.1) is 0 Å². The van der Waals surface area contributed by atoms with Crippen LogP contribution in [0.4, 0.5) is 0 Å². The highest BCUT2D eigenvalue weighted by atomic mass is 32.2. The summed E-state index contributed by atoms with van der Waals surface area (Å²) in [6, 6.07) is 6.16. The maximum Gasteiger partial charge on any atom is 0.294 e. The monoisotopic (exact) mass is 214 g/mol. The van der Waals surface area contributed by atoms with Gasteiger partial charge in [0.2, 0.25) is 0 Å². The summed E-state index contributed by atoms with van der Waals surface area (Å²) >= 11 is 0. The maximum absolute atomic E-state index is 10.7. The van der Waals surface area contributed by atoms with Crippen molar-refractivity contribution in [1.82, 2.24) is 0 Å². The van der Waals surface area contributed by atoms with Gasteiger partial charge >= 0.3 is 0 Å². The lowest BCUT2D eigenvalue weighted by Crippen LogP contribution is -1.99. The Morgan fingerprint density at radius 3 is 2.36 bits per heavy atom. The fraction of sp³-hybridized carbons (Fsp3) is 0.333. The van der Waals surface area contributed by atoms with Crippen molar-refractivity contribution >= 4 is 10.1 Å². The molecule has 0 aromatic heterocycles. The normalized spacial score (nSPS) is 20.8. The van der Waals surface area contributed by atoms with Crippen molar-refractivity contribution in [2.24, 2.45) is 0 Å². The van der Waals surface area contributed by atoms with E-state index >= 15 is 0 Å². The van der Waals surface area contributed by atoms with Gasteiger partial charge < -0.3 is 4.74 Å². The van der Waals surface area contributed by atoms with Gasteiger partial charge in [-0.1, -0.05) is 12.1 Å². The Labute approximate surface area is 82.3 Å². The van der Waals surface area contributed by atoms with Crippen LogP contribution in [0.15, 0.2) is 29.2 Å². The molecule has 0 bridgehead atoms. The number of hydrogen-bond donors (Lipinski definition) is 1. The molecule has 14 heavy (non-hydrogen) atoms. The minimum absolute atomic E-state index is 0.0713. The first-order chi connectivity index (χ1) is 6.55. The summed E-state index contributed by atoms with van der Waals surface area (Å²) in [7, 11) is -4.06. The summed E-state index contributed by atoms with van der Waals surface area (Å²) in [5.41, 5.74) is 1.01. The summed E-state index contributed by atoms with van der Waals surface area (Å²) in [5.74, 6) is 0. The molecule has 1 atom stereocenters. The van der Waals surface area contributed by atoms with Gasteiger partial charge in [-0.2, -0.15) is 8.42 Å². The molecule has 0 radical (unpaired) electrons. The molecule has 2 rings (SSSR count). The Balaban J connectivity index is 2.16. The second-order valence-corrected chi connectivity index (χ2v) is 4.70. The first-order valence-corrected chi connectivity index (χ1v) is 5.68. The molecule has 1 heterocycles. The van der Waals surface area contributed by atoms with E-state index in [1.807, 2.05) is 0 Å². The van der Waals surface area contributed by atoms with E-state index in [0.29, 0.717) is 0 Å². The Morgan fingerprint density at radius 2 is 1.93 bits per heavy atom. The van der Waals surface area contributed by atoms with E-state index in [9.17, 15) is 8.42 Å².